The highest BCUT2D eigenvalue weighted by Crippen LogP contribution is 2.43. The molecule has 3 N–H and O–H groups in total. The van der Waals surface area contributed by atoms with Gasteiger partial charge in [0.25, 0.3) is 0 Å². The van der Waals surface area contributed by atoms with Crippen molar-refractivity contribution >= 4 is 11.5 Å². The third kappa shape index (κ3) is 2.07. The number of aromatic nitrogens is 4. The monoisotopic (exact) mass is 270 g/mol. The van der Waals surface area contributed by atoms with E-state index in [2.05, 4.69) is 25.3 Å². The van der Waals surface area contributed by atoms with Gasteiger partial charge in [0.2, 0.25) is 0 Å². The van der Waals surface area contributed by atoms with Crippen LogP contribution in [-0.2, 0) is 0 Å². The van der Waals surface area contributed by atoms with Crippen LogP contribution in [0.4, 0.5) is 11.5 Å². The molecule has 0 aromatic carbocycles. The Bertz CT molecular complexity index is 663. The molecule has 6 nitrogen and oxygen atoms in total. The number of nitrogens with one attached hydrogen (secondary N) is 1. The summed E-state index contributed by atoms with van der Waals surface area (Å²) in [6.45, 7) is 3.86. The topological polar surface area (TPSA) is 89.6 Å². The Kier molecular flexibility index (Phi) is 3.00. The lowest BCUT2D eigenvalue weighted by Crippen LogP contribution is -2.07. The number of rotatable bonds is 3. The fourth-order valence-corrected chi connectivity index (χ4v) is 2.32. The predicted octanol–water partition coefficient (Wildman–Crippen LogP) is 2.05. The molecule has 0 saturated heterocycles. The van der Waals surface area contributed by atoms with E-state index in [-0.39, 0.29) is 0 Å². The van der Waals surface area contributed by atoms with Crippen molar-refractivity contribution in [2.24, 2.45) is 0 Å². The van der Waals surface area contributed by atoms with E-state index in [9.17, 15) is 0 Å². The standard InChI is InChI=1S/C14H18N6/c1-7-10(12(9-4-5-9)18-6-17-7)13-19-8(2)11(15)14(16-3)20-13/h6,9H,4-5,15H2,1-3H3,(H,16,19,20). The third-order valence-electron chi connectivity index (χ3n) is 3.63. The van der Waals surface area contributed by atoms with Crippen molar-refractivity contribution in [3.8, 4) is 11.4 Å². The van der Waals surface area contributed by atoms with E-state index in [1.807, 2.05) is 13.8 Å². The molecule has 0 radical (unpaired) electrons. The minimum absolute atomic E-state index is 0.520. The normalized spacial score (nSPS) is 14.3. The number of nitrogens with two attached hydrogens (primary N) is 1. The molecule has 104 valence electrons. The second-order valence-electron chi connectivity index (χ2n) is 5.14. The van der Waals surface area contributed by atoms with Gasteiger partial charge in [-0.15, -0.1) is 0 Å². The quantitative estimate of drug-likeness (QED) is 0.887. The van der Waals surface area contributed by atoms with Gasteiger partial charge in [-0.3, -0.25) is 0 Å². The van der Waals surface area contributed by atoms with Gasteiger partial charge in [0.05, 0.1) is 28.3 Å². The number of hydrogen-bond donors (Lipinski definition) is 2. The van der Waals surface area contributed by atoms with Gasteiger partial charge in [-0.1, -0.05) is 0 Å². The van der Waals surface area contributed by atoms with Crippen molar-refractivity contribution in [3.05, 3.63) is 23.4 Å². The summed E-state index contributed by atoms with van der Waals surface area (Å²) in [5.41, 5.74) is 10.2. The SMILES string of the molecule is CNc1nc(-c2c(C)ncnc2C2CC2)nc(C)c1N. The van der Waals surface area contributed by atoms with E-state index in [1.54, 1.807) is 13.4 Å². The highest BCUT2D eigenvalue weighted by molar-refractivity contribution is 5.70. The van der Waals surface area contributed by atoms with Crippen molar-refractivity contribution in [3.63, 3.8) is 0 Å². The summed E-state index contributed by atoms with van der Waals surface area (Å²) in [6, 6.07) is 0. The number of nitrogen functional groups attached to an aromatic ring is 1. The summed E-state index contributed by atoms with van der Waals surface area (Å²) in [4.78, 5) is 17.8. The molecule has 2 heterocycles. The van der Waals surface area contributed by atoms with Crippen LogP contribution in [0.2, 0.25) is 0 Å². The number of hydrogen-bond acceptors (Lipinski definition) is 6. The lowest BCUT2D eigenvalue weighted by Gasteiger charge is -2.13. The lowest BCUT2D eigenvalue weighted by molar-refractivity contribution is 0.955. The van der Waals surface area contributed by atoms with Crippen LogP contribution >= 0.6 is 0 Å². The first-order chi connectivity index (χ1) is 9.61. The molecule has 6 heteroatoms. The van der Waals surface area contributed by atoms with Crippen LogP contribution in [0.15, 0.2) is 6.33 Å². The highest BCUT2D eigenvalue weighted by Gasteiger charge is 2.30. The van der Waals surface area contributed by atoms with Gasteiger partial charge >= 0.3 is 0 Å². The van der Waals surface area contributed by atoms with Crippen molar-refractivity contribution in [1.82, 2.24) is 19.9 Å². The Labute approximate surface area is 117 Å². The summed E-state index contributed by atoms with van der Waals surface area (Å²) in [5, 5.41) is 3.01. The number of anilines is 2. The van der Waals surface area contributed by atoms with Gasteiger partial charge in [0, 0.05) is 13.0 Å². The van der Waals surface area contributed by atoms with E-state index in [4.69, 9.17) is 5.73 Å². The minimum Gasteiger partial charge on any atom is -0.394 e. The zero-order valence-corrected chi connectivity index (χ0v) is 11.9. The van der Waals surface area contributed by atoms with Crippen molar-refractivity contribution < 1.29 is 0 Å². The first kappa shape index (κ1) is 12.8. The molecule has 0 spiro atoms. The van der Waals surface area contributed by atoms with Gasteiger partial charge in [-0.25, -0.2) is 19.9 Å². The molecular weight excluding hydrogens is 252 g/mol. The van der Waals surface area contributed by atoms with E-state index in [0.717, 1.165) is 22.6 Å². The summed E-state index contributed by atoms with van der Waals surface area (Å²) < 4.78 is 0. The molecule has 20 heavy (non-hydrogen) atoms. The molecule has 2 aromatic heterocycles. The van der Waals surface area contributed by atoms with Crippen molar-refractivity contribution in [2.75, 3.05) is 18.1 Å². The molecular formula is C14H18N6. The van der Waals surface area contributed by atoms with Crippen LogP contribution in [0.3, 0.4) is 0 Å². The van der Waals surface area contributed by atoms with E-state index >= 15 is 0 Å². The first-order valence-corrected chi connectivity index (χ1v) is 6.75. The zero-order valence-electron chi connectivity index (χ0n) is 11.9. The van der Waals surface area contributed by atoms with Crippen molar-refractivity contribution in [1.29, 1.82) is 0 Å². The Hall–Kier alpha value is -2.24. The summed E-state index contributed by atoms with van der Waals surface area (Å²) in [5.74, 6) is 1.82. The molecule has 3 rings (SSSR count). The van der Waals surface area contributed by atoms with E-state index < -0.39 is 0 Å². The summed E-state index contributed by atoms with van der Waals surface area (Å²) >= 11 is 0. The zero-order chi connectivity index (χ0) is 14.3. The van der Waals surface area contributed by atoms with Gasteiger partial charge in [0.15, 0.2) is 11.6 Å². The third-order valence-corrected chi connectivity index (χ3v) is 3.63. The lowest BCUT2D eigenvalue weighted by atomic mass is 10.1. The minimum atomic E-state index is 0.520. The molecule has 1 aliphatic rings. The molecule has 1 saturated carbocycles. The second-order valence-corrected chi connectivity index (χ2v) is 5.14. The molecule has 1 fully saturated rings. The van der Waals surface area contributed by atoms with Crippen LogP contribution in [-0.4, -0.2) is 27.0 Å². The molecule has 0 bridgehead atoms. The van der Waals surface area contributed by atoms with E-state index in [1.165, 1.54) is 12.8 Å². The van der Waals surface area contributed by atoms with E-state index in [0.29, 0.717) is 23.2 Å². The smallest absolute Gasteiger partial charge is 0.165 e. The van der Waals surface area contributed by atoms with Gasteiger partial charge in [-0.05, 0) is 26.7 Å². The summed E-state index contributed by atoms with van der Waals surface area (Å²) in [6.07, 6.45) is 3.97. The number of aryl methyl sites for hydroxylation is 2. The maximum atomic E-state index is 5.97. The fourth-order valence-electron chi connectivity index (χ4n) is 2.32. The Balaban J connectivity index is 2.20. The maximum Gasteiger partial charge on any atom is 0.165 e. The van der Waals surface area contributed by atoms with Crippen molar-refractivity contribution in [2.45, 2.75) is 32.6 Å². The predicted molar refractivity (Wildman–Crippen MR) is 78.5 cm³/mol. The Morgan fingerprint density at radius 1 is 1.15 bits per heavy atom. The van der Waals surface area contributed by atoms with Crippen LogP contribution in [0.1, 0.15) is 35.8 Å². The average molecular weight is 270 g/mol. The maximum absolute atomic E-state index is 5.97. The average Bonchev–Trinajstić information content (AvgIpc) is 3.26. The second kappa shape index (κ2) is 4.70. The largest absolute Gasteiger partial charge is 0.394 e. The Morgan fingerprint density at radius 3 is 2.55 bits per heavy atom. The van der Waals surface area contributed by atoms with Crippen LogP contribution in [0, 0.1) is 13.8 Å². The number of nitrogens with zero attached hydrogens (tertiary/aromatic N) is 4. The van der Waals surface area contributed by atoms with Gasteiger partial charge in [0.1, 0.15) is 6.33 Å². The first-order valence-electron chi connectivity index (χ1n) is 6.75. The summed E-state index contributed by atoms with van der Waals surface area (Å²) in [7, 11) is 1.80. The molecule has 0 aliphatic heterocycles. The molecule has 2 aromatic rings. The fraction of sp³-hybridized carbons (Fsp3) is 0.429. The molecule has 0 amide bonds. The molecule has 0 unspecified atom stereocenters. The Morgan fingerprint density at radius 2 is 1.90 bits per heavy atom. The van der Waals surface area contributed by atoms with Crippen LogP contribution in [0.25, 0.3) is 11.4 Å². The highest BCUT2D eigenvalue weighted by atomic mass is 15.0. The van der Waals surface area contributed by atoms with Gasteiger partial charge < -0.3 is 11.1 Å². The van der Waals surface area contributed by atoms with Crippen LogP contribution < -0.4 is 11.1 Å². The molecule has 1 aliphatic carbocycles. The molecule has 0 atom stereocenters. The van der Waals surface area contributed by atoms with Crippen LogP contribution in [0.5, 0.6) is 0 Å². The van der Waals surface area contributed by atoms with Gasteiger partial charge in [-0.2, -0.15) is 0 Å².